The van der Waals surface area contributed by atoms with Crippen molar-refractivity contribution >= 4 is 29.9 Å². The molecular weight excluding hydrogens is 323 g/mol. The summed E-state index contributed by atoms with van der Waals surface area (Å²) in [6, 6.07) is 6.93. The first-order chi connectivity index (χ1) is 10.0. The van der Waals surface area contributed by atoms with E-state index < -0.39 is 6.04 Å². The number of benzene rings is 1. The van der Waals surface area contributed by atoms with Gasteiger partial charge in [-0.25, -0.2) is 0 Å². The van der Waals surface area contributed by atoms with Crippen molar-refractivity contribution in [2.45, 2.75) is 19.0 Å². The molecule has 1 aromatic heterocycles. The van der Waals surface area contributed by atoms with E-state index in [0.717, 1.165) is 11.1 Å². The van der Waals surface area contributed by atoms with Crippen molar-refractivity contribution in [2.75, 3.05) is 7.05 Å². The Morgan fingerprint density at radius 1 is 1.27 bits per heavy atom. The monoisotopic (exact) mass is 342 g/mol. The van der Waals surface area contributed by atoms with Crippen LogP contribution >= 0.6 is 24.0 Å². The molecule has 0 aliphatic carbocycles. The van der Waals surface area contributed by atoms with Gasteiger partial charge in [0.05, 0.1) is 12.2 Å². The summed E-state index contributed by atoms with van der Waals surface area (Å²) in [6.07, 6.45) is 3.52. The van der Waals surface area contributed by atoms with Gasteiger partial charge in [0.1, 0.15) is 6.04 Å². The maximum absolute atomic E-state index is 12.4. The van der Waals surface area contributed by atoms with Crippen molar-refractivity contribution in [2.24, 2.45) is 7.05 Å². The molecule has 0 saturated heterocycles. The van der Waals surface area contributed by atoms with E-state index in [1.807, 2.05) is 44.4 Å². The largest absolute Gasteiger partial charge is 0.348 e. The van der Waals surface area contributed by atoms with Gasteiger partial charge in [0, 0.05) is 23.8 Å². The van der Waals surface area contributed by atoms with Gasteiger partial charge >= 0.3 is 0 Å². The zero-order chi connectivity index (χ0) is 15.4. The van der Waals surface area contributed by atoms with Gasteiger partial charge in [0.15, 0.2) is 0 Å². The summed E-state index contributed by atoms with van der Waals surface area (Å²) < 4.78 is 1.68. The Morgan fingerprint density at radius 3 is 2.41 bits per heavy atom. The smallest absolute Gasteiger partial charge is 0.242 e. The van der Waals surface area contributed by atoms with E-state index >= 15 is 0 Å². The molecule has 7 heteroatoms. The number of rotatable bonds is 5. The first-order valence-electron chi connectivity index (χ1n) is 6.73. The van der Waals surface area contributed by atoms with E-state index in [2.05, 4.69) is 15.7 Å². The van der Waals surface area contributed by atoms with E-state index in [0.29, 0.717) is 5.02 Å². The highest BCUT2D eigenvalue weighted by Crippen LogP contribution is 2.18. The van der Waals surface area contributed by atoms with E-state index in [1.54, 1.807) is 17.9 Å². The molecule has 1 amide bonds. The number of nitrogens with one attached hydrogen (secondary N) is 2. The lowest BCUT2D eigenvalue weighted by Crippen LogP contribution is -2.37. The summed E-state index contributed by atoms with van der Waals surface area (Å²) in [5.41, 5.74) is 1.84. The predicted octanol–water partition coefficient (Wildman–Crippen LogP) is 2.63. The van der Waals surface area contributed by atoms with Crippen LogP contribution in [-0.4, -0.2) is 22.7 Å². The molecule has 120 valence electrons. The standard InChI is InChI=1S/C15H19ClN4O.ClH/c1-10(11-4-6-13(16)7-5-11)19-15(21)14(17-2)12-8-18-20(3)9-12;/h4-10,14,17H,1-3H3,(H,19,21);1H. The van der Waals surface area contributed by atoms with Crippen molar-refractivity contribution in [1.82, 2.24) is 20.4 Å². The number of likely N-dealkylation sites (N-methyl/N-ethyl adjacent to an activating group) is 1. The van der Waals surface area contributed by atoms with Crippen LogP contribution in [0.25, 0.3) is 0 Å². The highest BCUT2D eigenvalue weighted by atomic mass is 35.5. The lowest BCUT2D eigenvalue weighted by Gasteiger charge is -2.19. The number of aromatic nitrogens is 2. The van der Waals surface area contributed by atoms with E-state index in [-0.39, 0.29) is 24.4 Å². The molecule has 2 aromatic rings. The molecule has 0 aliphatic heterocycles. The van der Waals surface area contributed by atoms with Crippen LogP contribution in [0.15, 0.2) is 36.7 Å². The molecule has 1 heterocycles. The molecule has 0 aliphatic rings. The van der Waals surface area contributed by atoms with E-state index in [4.69, 9.17) is 11.6 Å². The average Bonchev–Trinajstić information content (AvgIpc) is 2.86. The Kier molecular flexibility index (Phi) is 6.87. The predicted molar refractivity (Wildman–Crippen MR) is 90.3 cm³/mol. The third-order valence-corrected chi connectivity index (χ3v) is 3.59. The number of halogens is 2. The normalized spacial score (nSPS) is 13.1. The van der Waals surface area contributed by atoms with Gasteiger partial charge in [-0.1, -0.05) is 23.7 Å². The molecule has 2 N–H and O–H groups in total. The van der Waals surface area contributed by atoms with Gasteiger partial charge in [0.25, 0.3) is 0 Å². The minimum absolute atomic E-state index is 0. The molecule has 5 nitrogen and oxygen atoms in total. The second-order valence-corrected chi connectivity index (χ2v) is 5.39. The molecule has 22 heavy (non-hydrogen) atoms. The number of nitrogens with zero attached hydrogens (tertiary/aromatic N) is 2. The number of aryl methyl sites for hydroxylation is 1. The van der Waals surface area contributed by atoms with Crippen molar-refractivity contribution in [3.8, 4) is 0 Å². The summed E-state index contributed by atoms with van der Waals surface area (Å²) in [5.74, 6) is -0.0899. The zero-order valence-corrected chi connectivity index (χ0v) is 14.3. The fraction of sp³-hybridized carbons (Fsp3) is 0.333. The van der Waals surface area contributed by atoms with Crippen LogP contribution in [-0.2, 0) is 11.8 Å². The fourth-order valence-electron chi connectivity index (χ4n) is 2.17. The van der Waals surface area contributed by atoms with Gasteiger partial charge in [-0.3, -0.25) is 9.48 Å². The summed E-state index contributed by atoms with van der Waals surface area (Å²) in [4.78, 5) is 12.4. The molecule has 0 fully saturated rings. The van der Waals surface area contributed by atoms with Crippen LogP contribution in [0.3, 0.4) is 0 Å². The quantitative estimate of drug-likeness (QED) is 0.878. The third-order valence-electron chi connectivity index (χ3n) is 3.34. The molecule has 0 radical (unpaired) electrons. The highest BCUT2D eigenvalue weighted by molar-refractivity contribution is 6.30. The Balaban J connectivity index is 0.00000242. The van der Waals surface area contributed by atoms with Crippen LogP contribution in [0.4, 0.5) is 0 Å². The minimum atomic E-state index is -0.423. The average molecular weight is 343 g/mol. The zero-order valence-electron chi connectivity index (χ0n) is 12.7. The minimum Gasteiger partial charge on any atom is -0.348 e. The van der Waals surface area contributed by atoms with Gasteiger partial charge in [-0.2, -0.15) is 5.10 Å². The number of amides is 1. The van der Waals surface area contributed by atoms with Crippen LogP contribution in [0.2, 0.25) is 5.02 Å². The summed E-state index contributed by atoms with van der Waals surface area (Å²) in [5, 5.41) is 10.8. The van der Waals surface area contributed by atoms with Crippen molar-refractivity contribution in [3.05, 3.63) is 52.8 Å². The Labute approximate surface area is 141 Å². The molecule has 2 unspecified atom stereocenters. The Bertz CT molecular complexity index is 612. The van der Waals surface area contributed by atoms with Crippen LogP contribution in [0.5, 0.6) is 0 Å². The molecule has 0 saturated carbocycles. The lowest BCUT2D eigenvalue weighted by atomic mass is 10.1. The third kappa shape index (κ3) is 4.47. The first-order valence-corrected chi connectivity index (χ1v) is 7.10. The maximum Gasteiger partial charge on any atom is 0.242 e. The second kappa shape index (κ2) is 8.17. The van der Waals surface area contributed by atoms with Gasteiger partial charge in [-0.05, 0) is 31.7 Å². The molecular formula is C15H20Cl2N4O. The molecule has 2 rings (SSSR count). The Morgan fingerprint density at radius 2 is 1.91 bits per heavy atom. The highest BCUT2D eigenvalue weighted by Gasteiger charge is 2.21. The number of carbonyl (C=O) groups excluding carboxylic acids is 1. The van der Waals surface area contributed by atoms with Crippen molar-refractivity contribution in [1.29, 1.82) is 0 Å². The molecule has 1 aromatic carbocycles. The SMILES string of the molecule is CNC(C(=O)NC(C)c1ccc(Cl)cc1)c1cnn(C)c1.Cl. The lowest BCUT2D eigenvalue weighted by molar-refractivity contribution is -0.123. The van der Waals surface area contributed by atoms with Crippen LogP contribution in [0.1, 0.15) is 30.1 Å². The number of hydrogen-bond donors (Lipinski definition) is 2. The number of carbonyl (C=O) groups is 1. The number of hydrogen-bond acceptors (Lipinski definition) is 3. The van der Waals surface area contributed by atoms with Crippen molar-refractivity contribution < 1.29 is 4.79 Å². The fourth-order valence-corrected chi connectivity index (χ4v) is 2.30. The summed E-state index contributed by atoms with van der Waals surface area (Å²) >= 11 is 5.87. The van der Waals surface area contributed by atoms with Gasteiger partial charge in [-0.15, -0.1) is 12.4 Å². The molecule has 0 spiro atoms. The van der Waals surface area contributed by atoms with Crippen LogP contribution < -0.4 is 10.6 Å². The maximum atomic E-state index is 12.4. The van der Waals surface area contributed by atoms with Gasteiger partial charge in [0.2, 0.25) is 5.91 Å². The van der Waals surface area contributed by atoms with Gasteiger partial charge < -0.3 is 10.6 Å². The molecule has 2 atom stereocenters. The second-order valence-electron chi connectivity index (χ2n) is 4.95. The van der Waals surface area contributed by atoms with Crippen LogP contribution in [0, 0.1) is 0 Å². The topological polar surface area (TPSA) is 59.0 Å². The summed E-state index contributed by atoms with van der Waals surface area (Å²) in [6.45, 7) is 1.94. The van der Waals surface area contributed by atoms with Crippen molar-refractivity contribution in [3.63, 3.8) is 0 Å². The van der Waals surface area contributed by atoms with E-state index in [9.17, 15) is 4.79 Å². The summed E-state index contributed by atoms with van der Waals surface area (Å²) in [7, 11) is 3.58. The Hall–Kier alpha value is -1.56. The first kappa shape index (κ1) is 18.5. The van der Waals surface area contributed by atoms with E-state index in [1.165, 1.54) is 0 Å². The molecule has 0 bridgehead atoms.